The van der Waals surface area contributed by atoms with E-state index in [9.17, 15) is 9.00 Å². The van der Waals surface area contributed by atoms with Gasteiger partial charge in [0.1, 0.15) is 18.2 Å². The molecule has 1 aromatic heterocycles. The molecular formula is C31H26N4O3S. The van der Waals surface area contributed by atoms with Crippen LogP contribution >= 0.6 is 0 Å². The number of hydrogen-bond donors (Lipinski definition) is 1. The Morgan fingerprint density at radius 2 is 1.72 bits per heavy atom. The summed E-state index contributed by atoms with van der Waals surface area (Å²) in [5.74, 6) is 1.90. The number of fused-ring (bicyclic) bond motifs is 2. The second kappa shape index (κ2) is 10.7. The molecule has 1 aliphatic rings. The van der Waals surface area contributed by atoms with Gasteiger partial charge in [-0.05, 0) is 48.0 Å². The lowest BCUT2D eigenvalue weighted by atomic mass is 10.1. The monoisotopic (exact) mass is 534 g/mol. The summed E-state index contributed by atoms with van der Waals surface area (Å²) in [6.07, 6.45) is 1.64. The van der Waals surface area contributed by atoms with Crippen LogP contribution < -0.4 is 15.0 Å². The third-order valence-corrected chi connectivity index (χ3v) is 7.60. The van der Waals surface area contributed by atoms with Gasteiger partial charge in [0.2, 0.25) is 0 Å². The van der Waals surface area contributed by atoms with Crippen LogP contribution in [-0.4, -0.2) is 39.5 Å². The van der Waals surface area contributed by atoms with Crippen LogP contribution in [0.3, 0.4) is 0 Å². The van der Waals surface area contributed by atoms with Gasteiger partial charge >= 0.3 is 0 Å². The van der Waals surface area contributed by atoms with E-state index in [1.165, 1.54) is 0 Å². The van der Waals surface area contributed by atoms with Crippen LogP contribution in [0.4, 0.5) is 11.5 Å². The fourth-order valence-corrected chi connectivity index (χ4v) is 5.17. The number of hydrogen-bond acceptors (Lipinski definition) is 6. The molecule has 1 amide bonds. The third-order valence-electron chi connectivity index (χ3n) is 6.66. The summed E-state index contributed by atoms with van der Waals surface area (Å²) in [5.41, 5.74) is 4.11. The number of benzene rings is 4. The second-order valence-corrected chi connectivity index (χ2v) is 10.6. The van der Waals surface area contributed by atoms with Crippen molar-refractivity contribution in [1.82, 2.24) is 15.3 Å². The van der Waals surface area contributed by atoms with Crippen molar-refractivity contribution in [2.24, 2.45) is 0 Å². The Morgan fingerprint density at radius 1 is 0.949 bits per heavy atom. The molecule has 4 aromatic carbocycles. The first-order valence-electron chi connectivity index (χ1n) is 12.6. The molecule has 0 spiro atoms. The number of carbonyl (C=O) groups excluding carboxylic acids is 1. The number of rotatable bonds is 6. The summed E-state index contributed by atoms with van der Waals surface area (Å²) in [6.45, 7) is 1.45. The van der Waals surface area contributed by atoms with Crippen molar-refractivity contribution in [2.75, 3.05) is 24.3 Å². The van der Waals surface area contributed by atoms with Crippen LogP contribution in [0.25, 0.3) is 22.3 Å². The molecule has 0 aliphatic carbocycles. The van der Waals surface area contributed by atoms with E-state index >= 15 is 0 Å². The maximum absolute atomic E-state index is 13.0. The van der Waals surface area contributed by atoms with Gasteiger partial charge in [0.15, 0.2) is 5.82 Å². The average molecular weight is 535 g/mol. The van der Waals surface area contributed by atoms with Crippen molar-refractivity contribution in [2.45, 2.75) is 11.4 Å². The fourth-order valence-electron chi connectivity index (χ4n) is 4.65. The largest absolute Gasteiger partial charge is 0.490 e. The van der Waals surface area contributed by atoms with Gasteiger partial charge in [-0.1, -0.05) is 54.6 Å². The molecule has 6 rings (SSSR count). The van der Waals surface area contributed by atoms with Gasteiger partial charge in [-0.2, -0.15) is 0 Å². The lowest BCUT2D eigenvalue weighted by Gasteiger charge is -2.31. The Bertz CT molecular complexity index is 1690. The highest BCUT2D eigenvalue weighted by Gasteiger charge is 2.24. The number of ether oxygens (including phenoxy) is 1. The molecule has 0 fully saturated rings. The van der Waals surface area contributed by atoms with Crippen molar-refractivity contribution in [3.63, 3.8) is 0 Å². The highest BCUT2D eigenvalue weighted by molar-refractivity contribution is 7.84. The number of carbonyl (C=O) groups is 1. The summed E-state index contributed by atoms with van der Waals surface area (Å²) >= 11 is 0. The molecule has 1 aliphatic heterocycles. The first-order valence-corrected chi connectivity index (χ1v) is 14.2. The maximum Gasteiger partial charge on any atom is 0.251 e. The lowest BCUT2D eigenvalue weighted by molar-refractivity contribution is 0.0950. The summed E-state index contributed by atoms with van der Waals surface area (Å²) < 4.78 is 17.6. The SMILES string of the molecule is CS(=O)c1ccc(CNC(=O)c2ccc3c(c2)OCCN3c2nc(-c3ccccc3)nc3ccccc23)cc1. The zero-order chi connectivity index (χ0) is 26.8. The molecule has 0 radical (unpaired) electrons. The summed E-state index contributed by atoms with van der Waals surface area (Å²) in [6, 6.07) is 30.8. The highest BCUT2D eigenvalue weighted by atomic mass is 32.2. The first kappa shape index (κ1) is 24.8. The van der Waals surface area contributed by atoms with Crippen LogP contribution in [-0.2, 0) is 17.3 Å². The van der Waals surface area contributed by atoms with Crippen LogP contribution in [0.1, 0.15) is 15.9 Å². The van der Waals surface area contributed by atoms with Gasteiger partial charge in [-0.3, -0.25) is 9.00 Å². The molecule has 5 aromatic rings. The minimum atomic E-state index is -1.03. The van der Waals surface area contributed by atoms with Crippen molar-refractivity contribution in [3.8, 4) is 17.1 Å². The number of para-hydroxylation sites is 1. The molecule has 1 atom stereocenters. The molecule has 2 heterocycles. The first-order chi connectivity index (χ1) is 19.1. The van der Waals surface area contributed by atoms with Gasteiger partial charge in [0.05, 0.1) is 17.7 Å². The molecule has 0 saturated carbocycles. The maximum atomic E-state index is 13.0. The van der Waals surface area contributed by atoms with E-state index in [2.05, 4.69) is 10.2 Å². The Labute approximate surface area is 229 Å². The summed E-state index contributed by atoms with van der Waals surface area (Å²) in [4.78, 5) is 25.7. The minimum Gasteiger partial charge on any atom is -0.490 e. The van der Waals surface area contributed by atoms with E-state index in [0.717, 1.165) is 38.4 Å². The smallest absolute Gasteiger partial charge is 0.251 e. The Balaban J connectivity index is 1.29. The third kappa shape index (κ3) is 5.11. The number of nitrogens with zero attached hydrogens (tertiary/aromatic N) is 3. The Kier molecular flexibility index (Phi) is 6.77. The second-order valence-electron chi connectivity index (χ2n) is 9.22. The normalized spacial score (nSPS) is 13.4. The van der Waals surface area contributed by atoms with Crippen molar-refractivity contribution >= 4 is 39.1 Å². The van der Waals surface area contributed by atoms with Gasteiger partial charge < -0.3 is 15.0 Å². The lowest BCUT2D eigenvalue weighted by Crippen LogP contribution is -2.30. The van der Waals surface area contributed by atoms with E-state index in [1.807, 2.05) is 84.9 Å². The quantitative estimate of drug-likeness (QED) is 0.310. The van der Waals surface area contributed by atoms with E-state index in [-0.39, 0.29) is 5.91 Å². The van der Waals surface area contributed by atoms with Crippen LogP contribution in [0.15, 0.2) is 102 Å². The number of aromatic nitrogens is 2. The zero-order valence-corrected chi connectivity index (χ0v) is 22.2. The topological polar surface area (TPSA) is 84.4 Å². The molecule has 194 valence electrons. The van der Waals surface area contributed by atoms with Gasteiger partial charge in [0, 0.05) is 45.0 Å². The molecule has 0 saturated heterocycles. The predicted octanol–water partition coefficient (Wildman–Crippen LogP) is 5.49. The highest BCUT2D eigenvalue weighted by Crippen LogP contribution is 2.39. The van der Waals surface area contributed by atoms with Gasteiger partial charge in [-0.15, -0.1) is 0 Å². The van der Waals surface area contributed by atoms with Crippen molar-refractivity contribution in [3.05, 3.63) is 108 Å². The van der Waals surface area contributed by atoms with Crippen LogP contribution in [0.2, 0.25) is 0 Å². The Morgan fingerprint density at radius 3 is 2.51 bits per heavy atom. The number of amides is 1. The molecule has 39 heavy (non-hydrogen) atoms. The Hall–Kier alpha value is -4.56. The van der Waals surface area contributed by atoms with E-state index in [4.69, 9.17) is 14.7 Å². The molecule has 1 unspecified atom stereocenters. The summed E-state index contributed by atoms with van der Waals surface area (Å²) in [7, 11) is -1.03. The average Bonchev–Trinajstić information content (AvgIpc) is 2.99. The van der Waals surface area contributed by atoms with Crippen molar-refractivity contribution < 1.29 is 13.7 Å². The predicted molar refractivity (Wildman–Crippen MR) is 154 cm³/mol. The molecule has 7 nitrogen and oxygen atoms in total. The van der Waals surface area contributed by atoms with E-state index in [0.29, 0.717) is 36.8 Å². The molecule has 0 bridgehead atoms. The van der Waals surface area contributed by atoms with Crippen LogP contribution in [0.5, 0.6) is 5.75 Å². The van der Waals surface area contributed by atoms with Gasteiger partial charge in [-0.25, -0.2) is 9.97 Å². The standard InChI is InChI=1S/C31H26N4O3S/c1-39(37)24-14-11-21(12-15-24)20-32-31(36)23-13-16-27-28(19-23)38-18-17-35(27)30-25-9-5-6-10-26(25)33-29(34-30)22-7-3-2-4-8-22/h2-16,19H,17-18,20H2,1H3,(H,32,36). The molecular weight excluding hydrogens is 508 g/mol. The minimum absolute atomic E-state index is 0.194. The van der Waals surface area contributed by atoms with E-state index < -0.39 is 10.8 Å². The summed E-state index contributed by atoms with van der Waals surface area (Å²) in [5, 5.41) is 3.91. The zero-order valence-electron chi connectivity index (χ0n) is 21.3. The number of anilines is 2. The van der Waals surface area contributed by atoms with Crippen LogP contribution in [0, 0.1) is 0 Å². The van der Waals surface area contributed by atoms with E-state index in [1.54, 1.807) is 18.4 Å². The van der Waals surface area contributed by atoms with Crippen molar-refractivity contribution in [1.29, 1.82) is 0 Å². The fraction of sp³-hybridized carbons (Fsp3) is 0.129. The number of nitrogens with one attached hydrogen (secondary N) is 1. The molecule has 1 N–H and O–H groups in total. The van der Waals surface area contributed by atoms with Gasteiger partial charge in [0.25, 0.3) is 5.91 Å². The molecule has 8 heteroatoms.